The topological polar surface area (TPSA) is 67.1 Å². The summed E-state index contributed by atoms with van der Waals surface area (Å²) in [5.74, 6) is 0.485. The average molecular weight is 367 g/mol. The van der Waals surface area contributed by atoms with Gasteiger partial charge < -0.3 is 16.0 Å². The third-order valence-electron chi connectivity index (χ3n) is 3.84. The molecule has 0 aliphatic carbocycles. The molecule has 0 aliphatic rings. The molecule has 5 nitrogen and oxygen atoms in total. The molecule has 0 aliphatic heterocycles. The first-order valence-corrected chi connectivity index (χ1v) is 8.42. The number of alkyl halides is 3. The van der Waals surface area contributed by atoms with Gasteiger partial charge in [-0.3, -0.25) is 0 Å². The number of hydrogen-bond donors (Lipinski definition) is 2. The number of nitrogens with one attached hydrogen (secondary N) is 1. The van der Waals surface area contributed by atoms with Crippen molar-refractivity contribution in [3.8, 4) is 0 Å². The highest BCUT2D eigenvalue weighted by Gasteiger charge is 2.33. The Morgan fingerprint density at radius 3 is 2.62 bits per heavy atom. The van der Waals surface area contributed by atoms with Crippen LogP contribution in [0, 0.1) is 0 Å². The first-order chi connectivity index (χ1) is 12.3. The number of anilines is 2. The number of unbranched alkanes of at least 4 members (excludes halogenated alkanes) is 1. The molecule has 1 heterocycles. The van der Waals surface area contributed by atoms with E-state index in [1.54, 1.807) is 18.3 Å². The molecule has 0 amide bonds. The van der Waals surface area contributed by atoms with Crippen LogP contribution in [0.3, 0.4) is 0 Å². The monoisotopic (exact) mass is 367 g/mol. The van der Waals surface area contributed by atoms with Crippen LogP contribution in [0.2, 0.25) is 0 Å². The lowest BCUT2D eigenvalue weighted by molar-refractivity contribution is -0.136. The summed E-state index contributed by atoms with van der Waals surface area (Å²) in [5, 5.41) is 3.15. The molecule has 142 valence electrons. The van der Waals surface area contributed by atoms with Crippen molar-refractivity contribution in [2.24, 2.45) is 0 Å². The predicted molar refractivity (Wildman–Crippen MR) is 97.0 cm³/mol. The van der Waals surface area contributed by atoms with Crippen LogP contribution in [0.4, 0.5) is 24.8 Å². The highest BCUT2D eigenvalue weighted by molar-refractivity contribution is 5.50. The lowest BCUT2D eigenvalue weighted by atomic mass is 10.0. The first kappa shape index (κ1) is 20.0. The van der Waals surface area contributed by atoms with Crippen molar-refractivity contribution < 1.29 is 13.2 Å². The molecular formula is C18H24F3N5. The lowest BCUT2D eigenvalue weighted by Gasteiger charge is -2.12. The van der Waals surface area contributed by atoms with Crippen molar-refractivity contribution in [1.82, 2.24) is 14.9 Å². The zero-order valence-corrected chi connectivity index (χ0v) is 15.0. The van der Waals surface area contributed by atoms with Gasteiger partial charge in [-0.2, -0.15) is 13.2 Å². The third kappa shape index (κ3) is 6.18. The summed E-state index contributed by atoms with van der Waals surface area (Å²) in [6.07, 6.45) is -0.539. The number of hydrogen-bond acceptors (Lipinski definition) is 5. The Hall–Kier alpha value is -2.35. The van der Waals surface area contributed by atoms with Crippen molar-refractivity contribution >= 4 is 11.6 Å². The second-order valence-electron chi connectivity index (χ2n) is 6.40. The Labute approximate surface area is 151 Å². The van der Waals surface area contributed by atoms with Crippen molar-refractivity contribution in [2.75, 3.05) is 38.2 Å². The Bertz CT molecular complexity index is 716. The van der Waals surface area contributed by atoms with Gasteiger partial charge in [0.2, 0.25) is 5.95 Å². The zero-order chi connectivity index (χ0) is 19.2. The predicted octanol–water partition coefficient (Wildman–Crippen LogP) is 3.42. The molecule has 2 rings (SSSR count). The van der Waals surface area contributed by atoms with Crippen LogP contribution < -0.4 is 11.1 Å². The maximum Gasteiger partial charge on any atom is 0.418 e. The highest BCUT2D eigenvalue weighted by atomic mass is 19.4. The van der Waals surface area contributed by atoms with Gasteiger partial charge in [0, 0.05) is 24.8 Å². The number of benzene rings is 1. The van der Waals surface area contributed by atoms with Gasteiger partial charge in [0.05, 0.1) is 11.3 Å². The van der Waals surface area contributed by atoms with E-state index < -0.39 is 11.7 Å². The normalized spacial score (nSPS) is 11.8. The number of aromatic nitrogens is 2. The summed E-state index contributed by atoms with van der Waals surface area (Å²) in [7, 11) is 4.06. The summed E-state index contributed by atoms with van der Waals surface area (Å²) in [6, 6.07) is 5.64. The van der Waals surface area contributed by atoms with Crippen molar-refractivity contribution in [1.29, 1.82) is 0 Å². The molecule has 8 heteroatoms. The van der Waals surface area contributed by atoms with Crippen molar-refractivity contribution in [3.63, 3.8) is 0 Å². The van der Waals surface area contributed by atoms with Gasteiger partial charge in [0.25, 0.3) is 0 Å². The van der Waals surface area contributed by atoms with Crippen LogP contribution in [0.5, 0.6) is 0 Å². The summed E-state index contributed by atoms with van der Waals surface area (Å²) in [4.78, 5) is 10.6. The van der Waals surface area contributed by atoms with E-state index >= 15 is 0 Å². The summed E-state index contributed by atoms with van der Waals surface area (Å²) in [5.41, 5.74) is 5.49. The summed E-state index contributed by atoms with van der Waals surface area (Å²) >= 11 is 0. The van der Waals surface area contributed by atoms with E-state index in [1.165, 1.54) is 6.07 Å². The number of nitrogens with zero attached hydrogens (tertiary/aromatic N) is 3. The molecule has 0 atom stereocenters. The van der Waals surface area contributed by atoms with E-state index in [0.717, 1.165) is 32.0 Å². The minimum atomic E-state index is -4.47. The molecule has 0 bridgehead atoms. The number of nitrogen functional groups attached to an aromatic ring is 1. The number of nitrogens with two attached hydrogens (primary N) is 1. The Morgan fingerprint density at radius 2 is 1.92 bits per heavy atom. The molecular weight excluding hydrogens is 343 g/mol. The SMILES string of the molecule is CN(C)CCCCNc1nccc(Cc2ccc(N)c(C(F)(F)F)c2)n1. The summed E-state index contributed by atoms with van der Waals surface area (Å²) in [6.45, 7) is 1.76. The molecule has 0 radical (unpaired) electrons. The summed E-state index contributed by atoms with van der Waals surface area (Å²) < 4.78 is 38.9. The van der Waals surface area contributed by atoms with E-state index in [1.807, 2.05) is 14.1 Å². The Balaban J connectivity index is 1.98. The first-order valence-electron chi connectivity index (χ1n) is 8.42. The van der Waals surface area contributed by atoms with Crippen LogP contribution in [0.25, 0.3) is 0 Å². The molecule has 0 unspecified atom stereocenters. The van der Waals surface area contributed by atoms with Gasteiger partial charge in [-0.15, -0.1) is 0 Å². The van der Waals surface area contributed by atoms with Gasteiger partial charge in [0.15, 0.2) is 0 Å². The highest BCUT2D eigenvalue weighted by Crippen LogP contribution is 2.34. The number of halogens is 3. The number of rotatable bonds is 8. The van der Waals surface area contributed by atoms with Crippen molar-refractivity contribution in [3.05, 3.63) is 47.3 Å². The Kier molecular flexibility index (Phi) is 6.79. The van der Waals surface area contributed by atoms with E-state index in [2.05, 4.69) is 20.2 Å². The molecule has 1 aromatic carbocycles. The van der Waals surface area contributed by atoms with E-state index in [4.69, 9.17) is 5.73 Å². The van der Waals surface area contributed by atoms with Crippen LogP contribution in [-0.2, 0) is 12.6 Å². The van der Waals surface area contributed by atoms with Crippen LogP contribution in [0.1, 0.15) is 29.7 Å². The van der Waals surface area contributed by atoms with E-state index in [-0.39, 0.29) is 12.1 Å². The minimum Gasteiger partial charge on any atom is -0.398 e. The van der Waals surface area contributed by atoms with Gasteiger partial charge in [-0.25, -0.2) is 9.97 Å². The van der Waals surface area contributed by atoms with Gasteiger partial charge in [-0.1, -0.05) is 6.07 Å². The van der Waals surface area contributed by atoms with Gasteiger partial charge in [-0.05, 0) is 57.2 Å². The molecule has 0 spiro atoms. The Morgan fingerprint density at radius 1 is 1.15 bits per heavy atom. The van der Waals surface area contributed by atoms with Gasteiger partial charge >= 0.3 is 6.18 Å². The fraction of sp³-hybridized carbons (Fsp3) is 0.444. The maximum atomic E-state index is 13.0. The smallest absolute Gasteiger partial charge is 0.398 e. The average Bonchev–Trinajstić information content (AvgIpc) is 2.55. The quantitative estimate of drug-likeness (QED) is 0.553. The van der Waals surface area contributed by atoms with E-state index in [0.29, 0.717) is 17.2 Å². The molecule has 1 aromatic heterocycles. The molecule has 0 saturated carbocycles. The maximum absolute atomic E-state index is 13.0. The second kappa shape index (κ2) is 8.84. The van der Waals surface area contributed by atoms with Crippen molar-refractivity contribution in [2.45, 2.75) is 25.4 Å². The molecule has 3 N–H and O–H groups in total. The lowest BCUT2D eigenvalue weighted by Crippen LogP contribution is -2.14. The third-order valence-corrected chi connectivity index (χ3v) is 3.84. The standard InChI is InChI=1S/C18H24F3N5/c1-26(2)10-4-3-8-23-17-24-9-7-14(25-17)11-13-5-6-16(22)15(12-13)18(19,20)21/h5-7,9,12H,3-4,8,10-11,22H2,1-2H3,(H,23,24,25). The second-order valence-corrected chi connectivity index (χ2v) is 6.40. The fourth-order valence-electron chi connectivity index (χ4n) is 2.50. The minimum absolute atomic E-state index is 0.274. The molecule has 0 fully saturated rings. The molecule has 26 heavy (non-hydrogen) atoms. The van der Waals surface area contributed by atoms with Crippen LogP contribution in [0.15, 0.2) is 30.5 Å². The largest absolute Gasteiger partial charge is 0.418 e. The molecule has 0 saturated heterocycles. The zero-order valence-electron chi connectivity index (χ0n) is 15.0. The van der Waals surface area contributed by atoms with Crippen LogP contribution >= 0.6 is 0 Å². The van der Waals surface area contributed by atoms with Crippen LogP contribution in [-0.4, -0.2) is 42.1 Å². The molecule has 2 aromatic rings. The fourth-order valence-corrected chi connectivity index (χ4v) is 2.50. The van der Waals surface area contributed by atoms with E-state index in [9.17, 15) is 13.2 Å². The van der Waals surface area contributed by atoms with Gasteiger partial charge in [0.1, 0.15) is 0 Å².